The number of carbonyl (C=O) groups is 2. The van der Waals surface area contributed by atoms with E-state index in [4.69, 9.17) is 4.42 Å². The zero-order valence-corrected chi connectivity index (χ0v) is 13.5. The Kier molecular flexibility index (Phi) is 3.69. The predicted molar refractivity (Wildman–Crippen MR) is 87.7 cm³/mol. The molecule has 1 saturated heterocycles. The number of nitrogens with zero attached hydrogens (tertiary/aromatic N) is 1. The van der Waals surface area contributed by atoms with Crippen LogP contribution >= 0.6 is 11.3 Å². The minimum atomic E-state index is -0.299. The van der Waals surface area contributed by atoms with E-state index in [1.54, 1.807) is 24.3 Å². The van der Waals surface area contributed by atoms with Gasteiger partial charge in [-0.1, -0.05) is 6.42 Å². The third kappa shape index (κ3) is 2.79. The molecule has 1 saturated carbocycles. The molecule has 2 aromatic heterocycles. The smallest absolute Gasteiger partial charge is 0.291 e. The lowest BCUT2D eigenvalue weighted by Gasteiger charge is -2.16. The molecule has 4 rings (SSSR count). The second-order valence-corrected chi connectivity index (χ2v) is 7.34. The normalized spacial score (nSPS) is 23.0. The highest BCUT2D eigenvalue weighted by molar-refractivity contribution is 7.18. The Hall–Kier alpha value is -2.08. The van der Waals surface area contributed by atoms with E-state index < -0.39 is 0 Å². The first-order valence-electron chi connectivity index (χ1n) is 7.94. The fraction of sp³-hybridized carbons (Fsp3) is 0.412. The fourth-order valence-electron chi connectivity index (χ4n) is 3.66. The van der Waals surface area contributed by atoms with E-state index in [2.05, 4.69) is 5.32 Å². The maximum atomic E-state index is 12.6. The molecule has 120 valence electrons. The molecule has 1 N–H and O–H groups in total. The number of amides is 2. The van der Waals surface area contributed by atoms with E-state index in [0.29, 0.717) is 21.7 Å². The van der Waals surface area contributed by atoms with Gasteiger partial charge in [0.1, 0.15) is 0 Å². The monoisotopic (exact) mass is 330 g/mol. The van der Waals surface area contributed by atoms with Crippen molar-refractivity contribution < 1.29 is 14.0 Å². The zero-order chi connectivity index (χ0) is 15.8. The summed E-state index contributed by atoms with van der Waals surface area (Å²) in [5, 5.41) is 3.43. The van der Waals surface area contributed by atoms with E-state index in [1.165, 1.54) is 36.9 Å². The van der Waals surface area contributed by atoms with Gasteiger partial charge in [-0.05, 0) is 48.9 Å². The van der Waals surface area contributed by atoms with Gasteiger partial charge in [-0.2, -0.15) is 0 Å². The summed E-state index contributed by atoms with van der Waals surface area (Å²) in [6.07, 6.45) is 5.27. The number of carbonyl (C=O) groups excluding carboxylic acids is 2. The third-order valence-electron chi connectivity index (χ3n) is 4.81. The van der Waals surface area contributed by atoms with Gasteiger partial charge in [0, 0.05) is 13.1 Å². The van der Waals surface area contributed by atoms with Crippen molar-refractivity contribution in [2.24, 2.45) is 11.8 Å². The summed E-state index contributed by atoms with van der Waals surface area (Å²) in [4.78, 5) is 27.2. The lowest BCUT2D eigenvalue weighted by molar-refractivity contribution is 0.0785. The molecule has 6 heteroatoms. The van der Waals surface area contributed by atoms with E-state index in [0.717, 1.165) is 13.1 Å². The Morgan fingerprint density at radius 3 is 2.65 bits per heavy atom. The van der Waals surface area contributed by atoms with Crippen molar-refractivity contribution in [2.75, 3.05) is 18.4 Å². The van der Waals surface area contributed by atoms with Crippen LogP contribution in [0.15, 0.2) is 34.9 Å². The van der Waals surface area contributed by atoms with Crippen molar-refractivity contribution in [3.63, 3.8) is 0 Å². The van der Waals surface area contributed by atoms with Crippen LogP contribution in [0.25, 0.3) is 0 Å². The molecule has 23 heavy (non-hydrogen) atoms. The van der Waals surface area contributed by atoms with Crippen LogP contribution < -0.4 is 5.32 Å². The van der Waals surface area contributed by atoms with E-state index in [9.17, 15) is 9.59 Å². The van der Waals surface area contributed by atoms with Crippen LogP contribution in [0.4, 0.5) is 5.00 Å². The van der Waals surface area contributed by atoms with Gasteiger partial charge in [0.05, 0.1) is 16.1 Å². The first-order chi connectivity index (χ1) is 11.2. The summed E-state index contributed by atoms with van der Waals surface area (Å²) >= 11 is 1.32. The SMILES string of the molecule is O=C(Nc1ccc(C(=O)N2C[C@H]3CCC[C@@H]3C2)s1)c1ccco1. The Balaban J connectivity index is 1.41. The maximum Gasteiger partial charge on any atom is 0.291 e. The minimum absolute atomic E-state index is 0.0860. The largest absolute Gasteiger partial charge is 0.459 e. The number of hydrogen-bond acceptors (Lipinski definition) is 4. The number of anilines is 1. The van der Waals surface area contributed by atoms with Crippen molar-refractivity contribution in [3.05, 3.63) is 41.2 Å². The van der Waals surface area contributed by atoms with E-state index in [-0.39, 0.29) is 17.6 Å². The molecule has 0 bridgehead atoms. The van der Waals surface area contributed by atoms with Gasteiger partial charge in [0.25, 0.3) is 11.8 Å². The van der Waals surface area contributed by atoms with Crippen LogP contribution in [-0.2, 0) is 0 Å². The third-order valence-corrected chi connectivity index (χ3v) is 5.80. The van der Waals surface area contributed by atoms with Crippen molar-refractivity contribution in [3.8, 4) is 0 Å². The van der Waals surface area contributed by atoms with Crippen LogP contribution in [0.2, 0.25) is 0 Å². The molecule has 3 heterocycles. The van der Waals surface area contributed by atoms with Crippen LogP contribution in [-0.4, -0.2) is 29.8 Å². The van der Waals surface area contributed by atoms with Gasteiger partial charge >= 0.3 is 0 Å². The van der Waals surface area contributed by atoms with Gasteiger partial charge in [0.2, 0.25) is 0 Å². The van der Waals surface area contributed by atoms with Crippen LogP contribution in [0.3, 0.4) is 0 Å². The molecule has 2 aliphatic rings. The number of furan rings is 1. The Morgan fingerprint density at radius 2 is 1.96 bits per heavy atom. The lowest BCUT2D eigenvalue weighted by Crippen LogP contribution is -2.28. The molecule has 0 radical (unpaired) electrons. The van der Waals surface area contributed by atoms with Crippen molar-refractivity contribution in [1.82, 2.24) is 4.90 Å². The van der Waals surface area contributed by atoms with E-state index >= 15 is 0 Å². The van der Waals surface area contributed by atoms with E-state index in [1.807, 2.05) is 4.90 Å². The number of likely N-dealkylation sites (tertiary alicyclic amines) is 1. The van der Waals surface area contributed by atoms with Crippen LogP contribution in [0, 0.1) is 11.8 Å². The average Bonchev–Trinajstić information content (AvgIpc) is 3.29. The van der Waals surface area contributed by atoms with Crippen molar-refractivity contribution in [1.29, 1.82) is 0 Å². The molecule has 0 unspecified atom stereocenters. The second kappa shape index (κ2) is 5.85. The van der Waals surface area contributed by atoms with Crippen LogP contribution in [0.5, 0.6) is 0 Å². The summed E-state index contributed by atoms with van der Waals surface area (Å²) < 4.78 is 5.06. The van der Waals surface area contributed by atoms with Gasteiger partial charge in [-0.3, -0.25) is 9.59 Å². The average molecular weight is 330 g/mol. The molecular weight excluding hydrogens is 312 g/mol. The molecule has 2 aromatic rings. The summed E-state index contributed by atoms with van der Waals surface area (Å²) in [7, 11) is 0. The molecule has 2 amide bonds. The summed E-state index contributed by atoms with van der Waals surface area (Å²) in [5.41, 5.74) is 0. The fourth-order valence-corrected chi connectivity index (χ4v) is 4.53. The lowest BCUT2D eigenvalue weighted by atomic mass is 10.0. The zero-order valence-electron chi connectivity index (χ0n) is 12.7. The number of fused-ring (bicyclic) bond motifs is 1. The Bertz CT molecular complexity index is 710. The molecular formula is C17H18N2O3S. The highest BCUT2D eigenvalue weighted by atomic mass is 32.1. The first-order valence-corrected chi connectivity index (χ1v) is 8.76. The topological polar surface area (TPSA) is 62.6 Å². The van der Waals surface area contributed by atoms with Gasteiger partial charge in [0.15, 0.2) is 5.76 Å². The van der Waals surface area contributed by atoms with Gasteiger partial charge in [-0.15, -0.1) is 11.3 Å². The number of hydrogen-bond donors (Lipinski definition) is 1. The minimum Gasteiger partial charge on any atom is -0.459 e. The summed E-state index contributed by atoms with van der Waals surface area (Å²) in [5.74, 6) is 1.43. The molecule has 1 aliphatic heterocycles. The number of rotatable bonds is 3. The molecule has 0 aromatic carbocycles. The first kappa shape index (κ1) is 14.5. The number of nitrogens with one attached hydrogen (secondary N) is 1. The standard InChI is InChI=1S/C17H18N2O3S/c20-16(13-5-2-8-22-13)18-15-7-6-14(23-15)17(21)19-9-11-3-1-4-12(11)10-19/h2,5-8,11-12H,1,3-4,9-10H2,(H,18,20)/t11-,12-/m1/s1. The van der Waals surface area contributed by atoms with Crippen LogP contribution in [0.1, 0.15) is 39.5 Å². The van der Waals surface area contributed by atoms with Gasteiger partial charge in [-0.25, -0.2) is 0 Å². The highest BCUT2D eigenvalue weighted by Crippen LogP contribution is 2.38. The maximum absolute atomic E-state index is 12.6. The van der Waals surface area contributed by atoms with Gasteiger partial charge < -0.3 is 14.6 Å². The molecule has 2 atom stereocenters. The highest BCUT2D eigenvalue weighted by Gasteiger charge is 2.38. The molecule has 0 spiro atoms. The Morgan fingerprint density at radius 1 is 1.17 bits per heavy atom. The van der Waals surface area contributed by atoms with Crippen molar-refractivity contribution >= 4 is 28.2 Å². The molecule has 1 aliphatic carbocycles. The number of thiophene rings is 1. The summed E-state index contributed by atoms with van der Waals surface area (Å²) in [6.45, 7) is 1.77. The second-order valence-electron chi connectivity index (χ2n) is 6.26. The molecule has 5 nitrogen and oxygen atoms in total. The molecule has 2 fully saturated rings. The predicted octanol–water partition coefficient (Wildman–Crippen LogP) is 3.47. The van der Waals surface area contributed by atoms with Crippen molar-refractivity contribution in [2.45, 2.75) is 19.3 Å². The summed E-state index contributed by atoms with van der Waals surface area (Å²) in [6, 6.07) is 6.84. The quantitative estimate of drug-likeness (QED) is 0.937. The Labute approximate surface area is 138 Å².